The van der Waals surface area contributed by atoms with Gasteiger partial charge in [0.15, 0.2) is 4.80 Å². The first-order valence-corrected chi connectivity index (χ1v) is 11.8. The lowest BCUT2D eigenvalue weighted by molar-refractivity contribution is -0.138. The normalized spacial score (nSPS) is 15.3. The largest absolute Gasteiger partial charge is 0.458 e. The molecule has 2 heterocycles. The van der Waals surface area contributed by atoms with Gasteiger partial charge >= 0.3 is 11.9 Å². The molecular formula is C26H21ClN2O5S. The van der Waals surface area contributed by atoms with E-state index < -0.39 is 18.0 Å². The SMILES string of the molecule is C=CCOC(=O)C1=C(C)N=c2s/c(=C\c3cccc(Cl)c3)c(=O)n2[C@@H]1c1ccc(OC(C)=O)cc1. The number of thiazole rings is 1. The average Bonchev–Trinajstić information content (AvgIpc) is 3.11. The lowest BCUT2D eigenvalue weighted by Crippen LogP contribution is -2.39. The van der Waals surface area contributed by atoms with Gasteiger partial charge in [-0.2, -0.15) is 0 Å². The van der Waals surface area contributed by atoms with Crippen LogP contribution in [0, 0.1) is 0 Å². The van der Waals surface area contributed by atoms with E-state index in [0.29, 0.717) is 31.4 Å². The molecule has 178 valence electrons. The second kappa shape index (κ2) is 10.2. The number of esters is 2. The Balaban J connectivity index is 1.90. The van der Waals surface area contributed by atoms with E-state index in [0.717, 1.165) is 5.56 Å². The monoisotopic (exact) mass is 508 g/mol. The number of carbonyl (C=O) groups excluding carboxylic acids is 2. The van der Waals surface area contributed by atoms with Crippen molar-refractivity contribution in [2.75, 3.05) is 6.61 Å². The number of aromatic nitrogens is 1. The van der Waals surface area contributed by atoms with E-state index in [2.05, 4.69) is 11.6 Å². The minimum Gasteiger partial charge on any atom is -0.458 e. The molecule has 0 radical (unpaired) electrons. The van der Waals surface area contributed by atoms with Crippen molar-refractivity contribution in [3.8, 4) is 5.75 Å². The van der Waals surface area contributed by atoms with E-state index in [9.17, 15) is 14.4 Å². The zero-order chi connectivity index (χ0) is 25.1. The van der Waals surface area contributed by atoms with Crippen molar-refractivity contribution in [2.45, 2.75) is 19.9 Å². The van der Waals surface area contributed by atoms with E-state index in [1.54, 1.807) is 55.5 Å². The predicted octanol–water partition coefficient (Wildman–Crippen LogP) is 3.54. The highest BCUT2D eigenvalue weighted by atomic mass is 35.5. The average molecular weight is 509 g/mol. The first kappa shape index (κ1) is 24.4. The van der Waals surface area contributed by atoms with E-state index >= 15 is 0 Å². The molecule has 0 fully saturated rings. The van der Waals surface area contributed by atoms with Crippen LogP contribution in [-0.4, -0.2) is 23.1 Å². The van der Waals surface area contributed by atoms with E-state index in [-0.39, 0.29) is 17.7 Å². The van der Waals surface area contributed by atoms with Crippen molar-refractivity contribution in [1.29, 1.82) is 0 Å². The van der Waals surface area contributed by atoms with Crippen LogP contribution in [-0.2, 0) is 14.3 Å². The summed E-state index contributed by atoms with van der Waals surface area (Å²) in [6.45, 7) is 6.62. The molecule has 1 aromatic heterocycles. The van der Waals surface area contributed by atoms with Gasteiger partial charge in [-0.25, -0.2) is 9.79 Å². The third kappa shape index (κ3) is 5.18. The summed E-state index contributed by atoms with van der Waals surface area (Å²) in [6, 6.07) is 13.0. The maximum Gasteiger partial charge on any atom is 0.338 e. The Morgan fingerprint density at radius 1 is 1.23 bits per heavy atom. The molecule has 2 aromatic carbocycles. The van der Waals surface area contributed by atoms with E-state index in [1.807, 2.05) is 6.07 Å². The fraction of sp³-hybridized carbons (Fsp3) is 0.154. The quantitative estimate of drug-likeness (QED) is 0.289. The van der Waals surface area contributed by atoms with Gasteiger partial charge in [-0.1, -0.05) is 59.9 Å². The van der Waals surface area contributed by atoms with Crippen molar-refractivity contribution in [2.24, 2.45) is 4.99 Å². The minimum atomic E-state index is -0.781. The third-order valence-corrected chi connectivity index (χ3v) is 6.40. The van der Waals surface area contributed by atoms with Crippen LogP contribution in [0.3, 0.4) is 0 Å². The third-order valence-electron chi connectivity index (χ3n) is 5.18. The molecule has 4 rings (SSSR count). The molecule has 1 aliphatic rings. The second-order valence-corrected chi connectivity index (χ2v) is 9.13. The molecule has 0 aliphatic carbocycles. The number of rotatable bonds is 6. The van der Waals surface area contributed by atoms with Crippen molar-refractivity contribution in [3.63, 3.8) is 0 Å². The molecule has 0 spiro atoms. The van der Waals surface area contributed by atoms with Gasteiger partial charge in [0, 0.05) is 11.9 Å². The summed E-state index contributed by atoms with van der Waals surface area (Å²) in [5.41, 5.74) is 1.80. The van der Waals surface area contributed by atoms with E-state index in [1.165, 1.54) is 28.9 Å². The molecule has 1 aliphatic heterocycles. The highest BCUT2D eigenvalue weighted by molar-refractivity contribution is 7.07. The summed E-state index contributed by atoms with van der Waals surface area (Å²) in [6.07, 6.45) is 3.21. The highest BCUT2D eigenvalue weighted by Crippen LogP contribution is 2.31. The summed E-state index contributed by atoms with van der Waals surface area (Å²) in [4.78, 5) is 42.9. The van der Waals surface area contributed by atoms with Crippen molar-refractivity contribution in [3.05, 3.63) is 108 Å². The number of allylic oxidation sites excluding steroid dienone is 1. The van der Waals surface area contributed by atoms with Gasteiger partial charge < -0.3 is 9.47 Å². The van der Waals surface area contributed by atoms with Crippen LogP contribution in [0.1, 0.15) is 31.0 Å². The molecule has 35 heavy (non-hydrogen) atoms. The van der Waals surface area contributed by atoms with Crippen LogP contribution in [0.25, 0.3) is 6.08 Å². The zero-order valence-electron chi connectivity index (χ0n) is 19.0. The fourth-order valence-electron chi connectivity index (χ4n) is 3.74. The van der Waals surface area contributed by atoms with Crippen LogP contribution < -0.4 is 19.6 Å². The number of hydrogen-bond acceptors (Lipinski definition) is 7. The maximum atomic E-state index is 13.6. The van der Waals surface area contributed by atoms with Crippen molar-refractivity contribution < 1.29 is 19.1 Å². The molecule has 7 nitrogen and oxygen atoms in total. The summed E-state index contributed by atoms with van der Waals surface area (Å²) < 4.78 is 12.4. The van der Waals surface area contributed by atoms with Gasteiger partial charge in [-0.3, -0.25) is 14.2 Å². The number of ether oxygens (including phenoxy) is 2. The van der Waals surface area contributed by atoms with E-state index in [4.69, 9.17) is 21.1 Å². The maximum absolute atomic E-state index is 13.6. The molecule has 3 aromatic rings. The number of hydrogen-bond donors (Lipinski definition) is 0. The molecule has 1 atom stereocenters. The zero-order valence-corrected chi connectivity index (χ0v) is 20.6. The lowest BCUT2D eigenvalue weighted by Gasteiger charge is -2.24. The first-order valence-electron chi connectivity index (χ1n) is 10.6. The van der Waals surface area contributed by atoms with Crippen LogP contribution in [0.4, 0.5) is 0 Å². The Bertz CT molecular complexity index is 1530. The molecule has 0 unspecified atom stereocenters. The van der Waals surface area contributed by atoms with Crippen LogP contribution >= 0.6 is 22.9 Å². The standard InChI is InChI=1S/C26H21ClN2O5S/c1-4-12-33-25(32)22-15(2)28-26-29(23(22)18-8-10-20(11-9-18)34-16(3)30)24(31)21(35-26)14-17-6-5-7-19(27)13-17/h4-11,13-14,23H,1,12H2,2-3H3/b21-14-/t23-/m1/s1. The Kier molecular flexibility index (Phi) is 7.14. The van der Waals surface area contributed by atoms with Gasteiger partial charge in [0.1, 0.15) is 12.4 Å². The summed E-state index contributed by atoms with van der Waals surface area (Å²) in [7, 11) is 0. The highest BCUT2D eigenvalue weighted by Gasteiger charge is 2.33. The number of halogens is 1. The summed E-state index contributed by atoms with van der Waals surface area (Å²) in [5.74, 6) is -0.688. The van der Waals surface area contributed by atoms with Crippen molar-refractivity contribution in [1.82, 2.24) is 4.57 Å². The fourth-order valence-corrected chi connectivity index (χ4v) is 4.99. The Labute approximate surface area is 209 Å². The lowest BCUT2D eigenvalue weighted by atomic mass is 9.96. The minimum absolute atomic E-state index is 0.0207. The number of benzene rings is 2. The summed E-state index contributed by atoms with van der Waals surface area (Å²) >= 11 is 7.32. The molecule has 9 heteroatoms. The summed E-state index contributed by atoms with van der Waals surface area (Å²) in [5, 5.41) is 0.556. The first-order chi connectivity index (χ1) is 16.8. The van der Waals surface area contributed by atoms with Gasteiger partial charge in [0.2, 0.25) is 0 Å². The van der Waals surface area contributed by atoms with Gasteiger partial charge in [0.05, 0.1) is 21.8 Å². The molecule has 0 saturated heterocycles. The molecule has 0 N–H and O–H groups in total. The second-order valence-electron chi connectivity index (χ2n) is 7.69. The number of carbonyl (C=O) groups is 2. The van der Waals surface area contributed by atoms with Crippen molar-refractivity contribution >= 4 is 41.0 Å². The number of fused-ring (bicyclic) bond motifs is 1. The van der Waals surface area contributed by atoms with Crippen LogP contribution in [0.2, 0.25) is 5.02 Å². The number of nitrogens with zero attached hydrogens (tertiary/aromatic N) is 2. The Hall–Kier alpha value is -3.75. The molecule has 0 bridgehead atoms. The molecule has 0 amide bonds. The Morgan fingerprint density at radius 3 is 2.63 bits per heavy atom. The van der Waals surface area contributed by atoms with Gasteiger partial charge in [-0.05, 0) is 48.4 Å². The predicted molar refractivity (Wildman–Crippen MR) is 134 cm³/mol. The van der Waals surface area contributed by atoms with Crippen LogP contribution in [0.15, 0.2) is 82.2 Å². The molecule has 0 saturated carbocycles. The van der Waals surface area contributed by atoms with Crippen LogP contribution in [0.5, 0.6) is 5.75 Å². The topological polar surface area (TPSA) is 87.0 Å². The molecular weight excluding hydrogens is 488 g/mol. The Morgan fingerprint density at radius 2 is 1.97 bits per heavy atom. The van der Waals surface area contributed by atoms with Gasteiger partial charge in [0.25, 0.3) is 5.56 Å². The van der Waals surface area contributed by atoms with Gasteiger partial charge in [-0.15, -0.1) is 0 Å². The smallest absolute Gasteiger partial charge is 0.338 e.